The molecule has 166 valence electrons. The second-order valence-electron chi connectivity index (χ2n) is 7.51. The minimum atomic E-state index is -4.75. The van der Waals surface area contributed by atoms with Crippen LogP contribution >= 0.6 is 15.2 Å². The second kappa shape index (κ2) is 7.30. The van der Waals surface area contributed by atoms with E-state index in [2.05, 4.69) is 15.0 Å². The largest absolute Gasteiger partial charge is 0.368 e. The van der Waals surface area contributed by atoms with Crippen molar-refractivity contribution in [2.75, 3.05) is 18.2 Å². The van der Waals surface area contributed by atoms with Crippen molar-refractivity contribution in [1.29, 1.82) is 0 Å². The van der Waals surface area contributed by atoms with Crippen molar-refractivity contribution in [2.45, 2.75) is 44.2 Å². The van der Waals surface area contributed by atoms with Gasteiger partial charge in [-0.3, -0.25) is 9.13 Å². The van der Waals surface area contributed by atoms with Crippen LogP contribution in [0.15, 0.2) is 12.7 Å². The Morgan fingerprint density at radius 1 is 1.27 bits per heavy atom. The zero-order valence-electron chi connectivity index (χ0n) is 16.0. The van der Waals surface area contributed by atoms with Gasteiger partial charge in [0.25, 0.3) is 5.65 Å². The van der Waals surface area contributed by atoms with Crippen LogP contribution in [0.2, 0.25) is 0 Å². The highest BCUT2D eigenvalue weighted by atomic mass is 31.2. The van der Waals surface area contributed by atoms with Gasteiger partial charge in [-0.25, -0.2) is 4.57 Å². The maximum Gasteiger partial charge on any atom is 0.340 e. The number of rotatable bonds is 6. The highest BCUT2D eigenvalue weighted by Crippen LogP contribution is 2.55. The monoisotopic (exact) mass is 466 g/mol. The van der Waals surface area contributed by atoms with Gasteiger partial charge in [-0.05, 0) is 13.8 Å². The number of H-pyrrole nitrogens is 1. The Bertz CT molecular complexity index is 1060. The van der Waals surface area contributed by atoms with Gasteiger partial charge in [0.1, 0.15) is 18.3 Å². The molecule has 6 N–H and O–H groups in total. The number of imidazole rings is 1. The number of hydrogen-bond donors (Lipinski definition) is 5. The van der Waals surface area contributed by atoms with Crippen LogP contribution in [-0.4, -0.2) is 66.2 Å². The molecule has 0 radical (unpaired) electrons. The molecule has 16 heteroatoms. The summed E-state index contributed by atoms with van der Waals surface area (Å²) in [4.78, 5) is 38.9. The summed E-state index contributed by atoms with van der Waals surface area (Å²) < 4.78 is 47.4. The zero-order chi connectivity index (χ0) is 21.9. The third-order valence-corrected chi connectivity index (χ3v) is 8.10. The number of nitrogen functional groups attached to an aromatic ring is 1. The number of nitrogens with zero attached hydrogens (tertiary/aromatic N) is 3. The predicted molar refractivity (Wildman–Crippen MR) is 98.9 cm³/mol. The number of fused-ring (bicyclic) bond motifs is 2. The van der Waals surface area contributed by atoms with Crippen molar-refractivity contribution >= 4 is 32.2 Å². The molecule has 2 saturated heterocycles. The zero-order valence-corrected chi connectivity index (χ0v) is 17.8. The Hall–Kier alpha value is -1.47. The van der Waals surface area contributed by atoms with E-state index in [0.717, 1.165) is 0 Å². The summed E-state index contributed by atoms with van der Waals surface area (Å²) in [5, 5.41) is 0. The topological polar surface area (TPSA) is 203 Å². The van der Waals surface area contributed by atoms with Crippen molar-refractivity contribution in [3.63, 3.8) is 0 Å². The molecule has 2 fully saturated rings. The smallest absolute Gasteiger partial charge is 0.340 e. The molecular formula is C14H22N5O9P2+. The standard InChI is InChI=1S/C14H21N5O9P2/c1-14(2)27-9-7(3-25-30(23,24)6-29(20,21)22)26-13(10(9)28-14)19-5-18-11(15)8-12(19)17-4-16-8/h4-5,7,9-10,13H,3,6H2,1-2H3,(H5,15,16,17,20,21,22,23,24)/p+1/t7-,9+,10?,13-/m1/s1. The Morgan fingerprint density at radius 3 is 2.67 bits per heavy atom. The number of nitrogens with one attached hydrogen (secondary N) is 1. The molecule has 2 aliphatic rings. The average Bonchev–Trinajstić information content (AvgIpc) is 3.25. The van der Waals surface area contributed by atoms with E-state index < -0.39 is 58.0 Å². The SMILES string of the molecule is CC1(C)OC2[C@@H](O1)[C@@H](COP(=O)(O)CP(=O)(O)O)O[C@H]2[n+]1cnc(N)c2[nH]cnc21. The molecule has 0 aromatic carbocycles. The van der Waals surface area contributed by atoms with E-state index in [1.54, 1.807) is 18.4 Å². The molecule has 0 saturated carbocycles. The minimum Gasteiger partial charge on any atom is -0.368 e. The van der Waals surface area contributed by atoms with Gasteiger partial charge in [-0.15, -0.1) is 0 Å². The van der Waals surface area contributed by atoms with Crippen molar-refractivity contribution in [3.05, 3.63) is 12.7 Å². The lowest BCUT2D eigenvalue weighted by molar-refractivity contribution is -0.748. The molecule has 0 spiro atoms. The van der Waals surface area contributed by atoms with Crippen LogP contribution < -0.4 is 10.3 Å². The maximum atomic E-state index is 12.0. The van der Waals surface area contributed by atoms with Crippen LogP contribution in [0.25, 0.3) is 11.2 Å². The first-order valence-corrected chi connectivity index (χ1v) is 12.4. The van der Waals surface area contributed by atoms with Crippen molar-refractivity contribution in [2.24, 2.45) is 0 Å². The molecule has 14 nitrogen and oxygen atoms in total. The number of aromatic nitrogens is 4. The molecule has 2 aromatic heterocycles. The lowest BCUT2D eigenvalue weighted by Crippen LogP contribution is -2.47. The third-order valence-electron chi connectivity index (χ3n) is 4.64. The highest BCUT2D eigenvalue weighted by molar-refractivity contribution is 7.70. The summed E-state index contributed by atoms with van der Waals surface area (Å²) in [5.41, 5.74) is 6.81. The van der Waals surface area contributed by atoms with Gasteiger partial charge < -0.3 is 44.1 Å². The molecule has 4 rings (SSSR count). The van der Waals surface area contributed by atoms with E-state index in [1.165, 1.54) is 12.7 Å². The fourth-order valence-corrected chi connectivity index (χ4v) is 6.15. The highest BCUT2D eigenvalue weighted by Gasteiger charge is 2.58. The number of aromatic amines is 1. The Labute approximate surface area is 170 Å². The molecule has 0 bridgehead atoms. The van der Waals surface area contributed by atoms with Crippen LogP contribution in [0, 0.1) is 0 Å². The first kappa shape index (κ1) is 21.8. The molecule has 2 aromatic rings. The van der Waals surface area contributed by atoms with Crippen LogP contribution in [0.1, 0.15) is 20.1 Å². The number of hydrogen-bond acceptors (Lipinski definition) is 9. The van der Waals surface area contributed by atoms with Crippen LogP contribution in [-0.2, 0) is 27.9 Å². The molecule has 2 unspecified atom stereocenters. The molecule has 30 heavy (non-hydrogen) atoms. The summed E-state index contributed by atoms with van der Waals surface area (Å²) in [5.74, 6) is -2.01. The Balaban J connectivity index is 1.60. The number of ether oxygens (including phenoxy) is 3. The average molecular weight is 466 g/mol. The third kappa shape index (κ3) is 4.28. The fourth-order valence-electron chi connectivity index (χ4n) is 3.58. The van der Waals surface area contributed by atoms with Gasteiger partial charge in [0.15, 0.2) is 23.5 Å². The first-order chi connectivity index (χ1) is 13.9. The van der Waals surface area contributed by atoms with Gasteiger partial charge in [0, 0.05) is 0 Å². The normalized spacial score (nSPS) is 30.4. The molecule has 2 aliphatic heterocycles. The summed E-state index contributed by atoms with van der Waals surface area (Å²) in [6.07, 6.45) is -0.0695. The maximum absolute atomic E-state index is 12.0. The van der Waals surface area contributed by atoms with Crippen molar-refractivity contribution in [3.8, 4) is 0 Å². The van der Waals surface area contributed by atoms with Crippen molar-refractivity contribution in [1.82, 2.24) is 15.0 Å². The van der Waals surface area contributed by atoms with Gasteiger partial charge in [-0.2, -0.15) is 0 Å². The predicted octanol–water partition coefficient (Wildman–Crippen LogP) is -0.418. The van der Waals surface area contributed by atoms with Gasteiger partial charge >= 0.3 is 15.2 Å². The molecular weight excluding hydrogens is 444 g/mol. The lowest BCUT2D eigenvalue weighted by Gasteiger charge is -2.24. The Kier molecular flexibility index (Phi) is 5.29. The van der Waals surface area contributed by atoms with E-state index in [1.807, 2.05) is 0 Å². The summed E-state index contributed by atoms with van der Waals surface area (Å²) >= 11 is 0. The van der Waals surface area contributed by atoms with Gasteiger partial charge in [0.05, 0.1) is 6.61 Å². The Morgan fingerprint density at radius 2 is 1.97 bits per heavy atom. The minimum absolute atomic E-state index is 0.246. The van der Waals surface area contributed by atoms with Crippen LogP contribution in [0.3, 0.4) is 0 Å². The van der Waals surface area contributed by atoms with E-state index in [0.29, 0.717) is 11.2 Å². The summed E-state index contributed by atoms with van der Waals surface area (Å²) in [6, 6.07) is 0. The van der Waals surface area contributed by atoms with E-state index in [-0.39, 0.29) is 5.82 Å². The number of anilines is 1. The quantitative estimate of drug-likeness (QED) is 0.272. The number of nitrogens with two attached hydrogens (primary N) is 1. The molecule has 0 aliphatic carbocycles. The fraction of sp³-hybridized carbons (Fsp3) is 0.643. The second-order valence-corrected chi connectivity index (χ2v) is 11.5. The van der Waals surface area contributed by atoms with Gasteiger partial charge in [-0.1, -0.05) is 9.97 Å². The van der Waals surface area contributed by atoms with Crippen LogP contribution in [0.5, 0.6) is 0 Å². The van der Waals surface area contributed by atoms with Gasteiger partial charge in [0.2, 0.25) is 18.4 Å². The van der Waals surface area contributed by atoms with E-state index >= 15 is 0 Å². The first-order valence-electron chi connectivity index (χ1n) is 8.86. The molecule has 5 atom stereocenters. The molecule has 0 amide bonds. The van der Waals surface area contributed by atoms with Crippen LogP contribution in [0.4, 0.5) is 5.82 Å². The van der Waals surface area contributed by atoms with E-state index in [4.69, 9.17) is 34.3 Å². The summed E-state index contributed by atoms with van der Waals surface area (Å²) in [7, 11) is -9.30. The van der Waals surface area contributed by atoms with E-state index in [9.17, 15) is 14.0 Å². The molecule has 4 heterocycles. The lowest BCUT2D eigenvalue weighted by atomic mass is 10.1. The summed E-state index contributed by atoms with van der Waals surface area (Å²) in [6.45, 7) is 2.97. The van der Waals surface area contributed by atoms with Crippen molar-refractivity contribution < 1.29 is 47.1 Å².